The average Bonchev–Trinajstić information content (AvgIpc) is 2.73. The molecule has 1 N–H and O–H groups in total. The number of fused-ring (bicyclic) bond motifs is 1. The van der Waals surface area contributed by atoms with E-state index in [-0.39, 0.29) is 6.54 Å². The SMILES string of the molecule is O=C(O)CN1CCc2nc(-c3ccc(OCc4ccc(Cl)cc4)cc3)ncc2C1. The monoisotopic (exact) mass is 409 g/mol. The molecule has 1 aromatic heterocycles. The summed E-state index contributed by atoms with van der Waals surface area (Å²) in [5.41, 5.74) is 3.94. The van der Waals surface area contributed by atoms with Crippen molar-refractivity contribution < 1.29 is 14.6 Å². The van der Waals surface area contributed by atoms with Crippen LogP contribution in [0.5, 0.6) is 5.75 Å². The van der Waals surface area contributed by atoms with E-state index < -0.39 is 5.97 Å². The van der Waals surface area contributed by atoms with Crippen LogP contribution in [0.15, 0.2) is 54.7 Å². The molecule has 0 fully saturated rings. The number of nitrogens with zero attached hydrogens (tertiary/aromatic N) is 3. The van der Waals surface area contributed by atoms with Gasteiger partial charge in [-0.25, -0.2) is 9.97 Å². The summed E-state index contributed by atoms with van der Waals surface area (Å²) in [6.45, 7) is 1.77. The summed E-state index contributed by atoms with van der Waals surface area (Å²) in [5.74, 6) is 0.620. The molecule has 29 heavy (non-hydrogen) atoms. The van der Waals surface area contributed by atoms with Gasteiger partial charge in [-0.2, -0.15) is 0 Å². The molecule has 2 aromatic carbocycles. The van der Waals surface area contributed by atoms with Crippen LogP contribution in [0.2, 0.25) is 5.02 Å². The van der Waals surface area contributed by atoms with Crippen molar-refractivity contribution in [3.8, 4) is 17.1 Å². The van der Waals surface area contributed by atoms with Crippen LogP contribution in [0.25, 0.3) is 11.4 Å². The van der Waals surface area contributed by atoms with Gasteiger partial charge in [-0.1, -0.05) is 23.7 Å². The predicted octanol–water partition coefficient (Wildman–Crippen LogP) is 3.82. The largest absolute Gasteiger partial charge is 0.489 e. The Kier molecular flexibility index (Phi) is 5.74. The second-order valence-electron chi connectivity index (χ2n) is 6.96. The molecule has 7 heteroatoms. The van der Waals surface area contributed by atoms with E-state index in [1.54, 1.807) is 6.20 Å². The van der Waals surface area contributed by atoms with Crippen molar-refractivity contribution in [3.05, 3.63) is 76.6 Å². The maximum atomic E-state index is 10.9. The van der Waals surface area contributed by atoms with Crippen LogP contribution in [0.1, 0.15) is 16.8 Å². The molecule has 148 valence electrons. The number of carbonyl (C=O) groups is 1. The molecule has 3 aromatic rings. The predicted molar refractivity (Wildman–Crippen MR) is 110 cm³/mol. The standard InChI is InChI=1S/C22H20ClN3O3/c23-18-5-1-15(2-6-18)14-29-19-7-3-16(4-8-19)22-24-11-17-12-26(13-21(27)28)10-9-20(17)25-22/h1-8,11H,9-10,12-14H2,(H,27,28). The van der Waals surface area contributed by atoms with Gasteiger partial charge in [0.1, 0.15) is 12.4 Å². The molecule has 0 bridgehead atoms. The number of benzene rings is 2. The number of ether oxygens (including phenoxy) is 1. The Balaban J connectivity index is 1.41. The molecule has 0 aliphatic carbocycles. The van der Waals surface area contributed by atoms with Crippen LogP contribution < -0.4 is 4.74 Å². The van der Waals surface area contributed by atoms with Gasteiger partial charge in [0.15, 0.2) is 5.82 Å². The van der Waals surface area contributed by atoms with Gasteiger partial charge in [-0.3, -0.25) is 9.69 Å². The van der Waals surface area contributed by atoms with Gasteiger partial charge in [0.05, 0.1) is 12.2 Å². The van der Waals surface area contributed by atoms with Crippen LogP contribution in [-0.4, -0.2) is 39.0 Å². The lowest BCUT2D eigenvalue weighted by Crippen LogP contribution is -2.35. The zero-order valence-electron chi connectivity index (χ0n) is 15.7. The first-order valence-electron chi connectivity index (χ1n) is 9.33. The third-order valence-electron chi connectivity index (χ3n) is 4.80. The van der Waals surface area contributed by atoms with Crippen molar-refractivity contribution >= 4 is 17.6 Å². The van der Waals surface area contributed by atoms with Crippen molar-refractivity contribution in [3.63, 3.8) is 0 Å². The highest BCUT2D eigenvalue weighted by atomic mass is 35.5. The Hall–Kier alpha value is -2.96. The van der Waals surface area contributed by atoms with Crippen LogP contribution in [0.3, 0.4) is 0 Å². The third-order valence-corrected chi connectivity index (χ3v) is 5.06. The van der Waals surface area contributed by atoms with E-state index in [1.807, 2.05) is 53.4 Å². The molecule has 0 atom stereocenters. The lowest BCUT2D eigenvalue weighted by atomic mass is 10.1. The van der Waals surface area contributed by atoms with Crippen molar-refractivity contribution in [1.82, 2.24) is 14.9 Å². The molecule has 0 radical (unpaired) electrons. The van der Waals surface area contributed by atoms with E-state index in [0.717, 1.165) is 34.6 Å². The molecule has 0 saturated heterocycles. The first kappa shape index (κ1) is 19.4. The van der Waals surface area contributed by atoms with Crippen molar-refractivity contribution in [2.75, 3.05) is 13.1 Å². The smallest absolute Gasteiger partial charge is 0.317 e. The molecular weight excluding hydrogens is 390 g/mol. The molecule has 0 amide bonds. The molecule has 1 aliphatic rings. The van der Waals surface area contributed by atoms with Gasteiger partial charge < -0.3 is 9.84 Å². The Morgan fingerprint density at radius 1 is 1.14 bits per heavy atom. The number of rotatable bonds is 6. The minimum absolute atomic E-state index is 0.0404. The van der Waals surface area contributed by atoms with E-state index in [1.165, 1.54) is 0 Å². The summed E-state index contributed by atoms with van der Waals surface area (Å²) in [6.07, 6.45) is 2.52. The van der Waals surface area contributed by atoms with E-state index in [2.05, 4.69) is 4.98 Å². The molecule has 0 spiro atoms. The summed E-state index contributed by atoms with van der Waals surface area (Å²) in [7, 11) is 0. The van der Waals surface area contributed by atoms with Gasteiger partial charge >= 0.3 is 5.97 Å². The third kappa shape index (κ3) is 4.91. The number of halogens is 1. The lowest BCUT2D eigenvalue weighted by molar-refractivity contribution is -0.138. The highest BCUT2D eigenvalue weighted by molar-refractivity contribution is 6.30. The molecule has 0 unspecified atom stereocenters. The number of carboxylic acid groups (broad SMARTS) is 1. The van der Waals surface area contributed by atoms with Gasteiger partial charge in [0.2, 0.25) is 0 Å². The summed E-state index contributed by atoms with van der Waals surface area (Å²) in [6, 6.07) is 15.3. The summed E-state index contributed by atoms with van der Waals surface area (Å²) in [4.78, 5) is 21.9. The molecular formula is C22H20ClN3O3. The van der Waals surface area contributed by atoms with Crippen molar-refractivity contribution in [2.24, 2.45) is 0 Å². The minimum atomic E-state index is -0.815. The van der Waals surface area contributed by atoms with E-state index in [9.17, 15) is 4.79 Å². The molecule has 4 rings (SSSR count). The number of hydrogen-bond donors (Lipinski definition) is 1. The van der Waals surface area contributed by atoms with Crippen LogP contribution in [0, 0.1) is 0 Å². The zero-order chi connectivity index (χ0) is 20.2. The fraction of sp³-hybridized carbons (Fsp3) is 0.227. The average molecular weight is 410 g/mol. The highest BCUT2D eigenvalue weighted by Gasteiger charge is 2.20. The quantitative estimate of drug-likeness (QED) is 0.667. The first-order chi connectivity index (χ1) is 14.1. The van der Waals surface area contributed by atoms with Crippen LogP contribution in [0.4, 0.5) is 0 Å². The van der Waals surface area contributed by atoms with E-state index >= 15 is 0 Å². The Bertz CT molecular complexity index is 1010. The maximum Gasteiger partial charge on any atom is 0.317 e. The molecule has 0 saturated carbocycles. The van der Waals surface area contributed by atoms with Crippen molar-refractivity contribution in [2.45, 2.75) is 19.6 Å². The van der Waals surface area contributed by atoms with Crippen LogP contribution >= 0.6 is 11.6 Å². The first-order valence-corrected chi connectivity index (χ1v) is 9.71. The highest BCUT2D eigenvalue weighted by Crippen LogP contribution is 2.23. The zero-order valence-corrected chi connectivity index (χ0v) is 16.5. The summed E-state index contributed by atoms with van der Waals surface area (Å²) >= 11 is 5.90. The topological polar surface area (TPSA) is 75.5 Å². The fourth-order valence-electron chi connectivity index (χ4n) is 3.29. The van der Waals surface area contributed by atoms with Gasteiger partial charge in [-0.15, -0.1) is 0 Å². The van der Waals surface area contributed by atoms with Crippen LogP contribution in [-0.2, 0) is 24.4 Å². The van der Waals surface area contributed by atoms with Gasteiger partial charge in [-0.05, 0) is 42.0 Å². The molecule has 6 nitrogen and oxygen atoms in total. The van der Waals surface area contributed by atoms with E-state index in [4.69, 9.17) is 26.4 Å². The second-order valence-corrected chi connectivity index (χ2v) is 7.40. The second kappa shape index (κ2) is 8.59. The summed E-state index contributed by atoms with van der Waals surface area (Å²) < 4.78 is 5.82. The minimum Gasteiger partial charge on any atom is -0.489 e. The lowest BCUT2D eigenvalue weighted by Gasteiger charge is -2.26. The Morgan fingerprint density at radius 3 is 2.62 bits per heavy atom. The maximum absolute atomic E-state index is 10.9. The normalized spacial score (nSPS) is 13.7. The number of aromatic nitrogens is 2. The van der Waals surface area contributed by atoms with Gasteiger partial charge in [0, 0.05) is 41.9 Å². The molecule has 2 heterocycles. The number of hydrogen-bond acceptors (Lipinski definition) is 5. The summed E-state index contributed by atoms with van der Waals surface area (Å²) in [5, 5.41) is 9.66. The van der Waals surface area contributed by atoms with Crippen molar-refractivity contribution in [1.29, 1.82) is 0 Å². The molecule has 1 aliphatic heterocycles. The van der Waals surface area contributed by atoms with E-state index in [0.29, 0.717) is 30.5 Å². The number of carboxylic acids is 1. The Morgan fingerprint density at radius 2 is 1.90 bits per heavy atom. The number of aliphatic carboxylic acids is 1. The Labute approximate surface area is 173 Å². The fourth-order valence-corrected chi connectivity index (χ4v) is 3.41. The van der Waals surface area contributed by atoms with Gasteiger partial charge in [0.25, 0.3) is 0 Å².